The molecule has 0 unspecified atom stereocenters. The zero-order valence-electron chi connectivity index (χ0n) is 22.2. The van der Waals surface area contributed by atoms with Crippen LogP contribution in [0.5, 0.6) is 5.75 Å². The van der Waals surface area contributed by atoms with Crippen molar-refractivity contribution >= 4 is 0 Å². The Morgan fingerprint density at radius 2 is 1.50 bits per heavy atom. The van der Waals surface area contributed by atoms with Gasteiger partial charge in [0.2, 0.25) is 0 Å². The van der Waals surface area contributed by atoms with Crippen LogP contribution in [0, 0.1) is 29.4 Å². The maximum atomic E-state index is 14.9. The van der Waals surface area contributed by atoms with Gasteiger partial charge >= 0.3 is 6.11 Å². The second kappa shape index (κ2) is 13.6. The molecule has 7 heteroatoms. The van der Waals surface area contributed by atoms with E-state index in [4.69, 9.17) is 9.47 Å². The second-order valence-corrected chi connectivity index (χ2v) is 10.9. The molecule has 38 heavy (non-hydrogen) atoms. The van der Waals surface area contributed by atoms with Crippen LogP contribution < -0.4 is 4.74 Å². The van der Waals surface area contributed by atoms with Gasteiger partial charge in [0.25, 0.3) is 0 Å². The summed E-state index contributed by atoms with van der Waals surface area (Å²) in [5.41, 5.74) is 1.53. The molecule has 0 saturated heterocycles. The van der Waals surface area contributed by atoms with Gasteiger partial charge in [0, 0.05) is 12.8 Å². The number of aromatic nitrogens is 1. The smallest absolute Gasteiger partial charge is 0.400 e. The lowest BCUT2D eigenvalue weighted by atomic mass is 9.80. The van der Waals surface area contributed by atoms with E-state index in [9.17, 15) is 17.6 Å². The summed E-state index contributed by atoms with van der Waals surface area (Å²) in [6.07, 6.45) is 12.9. The van der Waals surface area contributed by atoms with Gasteiger partial charge in [0.05, 0.1) is 18.2 Å². The van der Waals surface area contributed by atoms with Gasteiger partial charge in [-0.2, -0.15) is 8.78 Å². The van der Waals surface area contributed by atoms with E-state index in [1.807, 2.05) is 0 Å². The van der Waals surface area contributed by atoms with Crippen LogP contribution in [0.15, 0.2) is 48.7 Å². The molecule has 0 amide bonds. The normalized spacial score (nSPS) is 24.6. The van der Waals surface area contributed by atoms with Crippen LogP contribution in [0.2, 0.25) is 0 Å². The van der Waals surface area contributed by atoms with Crippen LogP contribution in [0.25, 0.3) is 0 Å². The number of pyridine rings is 1. The van der Waals surface area contributed by atoms with E-state index in [1.165, 1.54) is 12.3 Å². The molecule has 0 radical (unpaired) electrons. The second-order valence-electron chi connectivity index (χ2n) is 10.9. The summed E-state index contributed by atoms with van der Waals surface area (Å²) >= 11 is 0. The van der Waals surface area contributed by atoms with Crippen molar-refractivity contribution in [2.24, 2.45) is 17.8 Å². The fourth-order valence-electron chi connectivity index (χ4n) is 5.67. The summed E-state index contributed by atoms with van der Waals surface area (Å²) in [6.45, 7) is 0. The highest BCUT2D eigenvalue weighted by atomic mass is 19.3. The molecule has 0 bridgehead atoms. The maximum absolute atomic E-state index is 14.9. The largest absolute Gasteiger partial charge is 0.431 e. The Morgan fingerprint density at radius 3 is 2.11 bits per heavy atom. The lowest BCUT2D eigenvalue weighted by Gasteiger charge is -2.32. The van der Waals surface area contributed by atoms with Gasteiger partial charge < -0.3 is 9.47 Å². The number of hydrogen-bond acceptors (Lipinski definition) is 3. The number of allylic oxidation sites excluding steroid dienone is 2. The number of benzene rings is 1. The SMILES string of the molecule is COC1CCC(/C=C/C2CCC(C(F)(F)Oc3ccc(CCCCc4ccc(F)c(F)c4)nc3)CC2)CC1. The van der Waals surface area contributed by atoms with E-state index >= 15 is 0 Å². The van der Waals surface area contributed by atoms with E-state index in [2.05, 4.69) is 17.1 Å². The minimum Gasteiger partial charge on any atom is -0.431 e. The van der Waals surface area contributed by atoms with E-state index in [-0.39, 0.29) is 5.75 Å². The Kier molecular flexibility index (Phi) is 10.2. The van der Waals surface area contributed by atoms with Crippen LogP contribution in [0.4, 0.5) is 17.6 Å². The van der Waals surface area contributed by atoms with Crippen molar-refractivity contribution in [3.63, 3.8) is 0 Å². The molecule has 0 spiro atoms. The monoisotopic (exact) mass is 533 g/mol. The third kappa shape index (κ3) is 8.29. The van der Waals surface area contributed by atoms with Crippen molar-refractivity contribution in [1.29, 1.82) is 0 Å². The Hall–Kier alpha value is -2.41. The van der Waals surface area contributed by atoms with Crippen LogP contribution in [0.1, 0.15) is 75.5 Å². The number of hydrogen-bond donors (Lipinski definition) is 0. The van der Waals surface area contributed by atoms with Gasteiger partial charge in [-0.1, -0.05) is 18.2 Å². The van der Waals surface area contributed by atoms with Crippen LogP contribution in [-0.2, 0) is 17.6 Å². The molecule has 2 saturated carbocycles. The molecule has 0 N–H and O–H groups in total. The average Bonchev–Trinajstić information content (AvgIpc) is 2.93. The standard InChI is InChI=1S/C31H39F4NO2/c1-37-27-16-10-23(11-17-27)7-6-22-8-13-25(14-9-22)31(34,35)38-28-18-15-26(36-21-28)5-3-2-4-24-12-19-29(32)30(33)20-24/h6-7,12,15,18-23,25,27H,2-5,8-11,13-14,16-17H2,1H3/b7-6+. The zero-order chi connectivity index (χ0) is 27.0. The molecule has 0 atom stereocenters. The Balaban J connectivity index is 1.16. The summed E-state index contributed by atoms with van der Waals surface area (Å²) < 4.78 is 66.7. The Bertz CT molecular complexity index is 1030. The minimum atomic E-state index is -3.22. The maximum Gasteiger partial charge on any atom is 0.400 e. The molecule has 1 aromatic heterocycles. The quantitative estimate of drug-likeness (QED) is 0.165. The fraction of sp³-hybridized carbons (Fsp3) is 0.581. The zero-order valence-corrected chi connectivity index (χ0v) is 22.2. The molecule has 1 aromatic carbocycles. The van der Waals surface area contributed by atoms with Crippen LogP contribution in [0.3, 0.4) is 0 Å². The third-order valence-electron chi connectivity index (χ3n) is 8.14. The number of rotatable bonds is 11. The van der Waals surface area contributed by atoms with E-state index in [0.717, 1.165) is 68.7 Å². The number of nitrogens with zero attached hydrogens (tertiary/aromatic N) is 1. The molecule has 2 aromatic rings. The first kappa shape index (κ1) is 28.6. The molecule has 0 aliphatic heterocycles. The number of ether oxygens (including phenoxy) is 2. The number of unbranched alkanes of at least 4 members (excludes halogenated alkanes) is 1. The van der Waals surface area contributed by atoms with Gasteiger partial charge in [-0.3, -0.25) is 4.98 Å². The van der Waals surface area contributed by atoms with Crippen molar-refractivity contribution in [3.8, 4) is 5.75 Å². The van der Waals surface area contributed by atoms with Gasteiger partial charge in [-0.05, 0) is 119 Å². The van der Waals surface area contributed by atoms with Crippen molar-refractivity contribution in [3.05, 3.63) is 71.6 Å². The molecule has 2 aliphatic rings. The summed E-state index contributed by atoms with van der Waals surface area (Å²) in [7, 11) is 1.78. The topological polar surface area (TPSA) is 31.4 Å². The molecule has 3 nitrogen and oxygen atoms in total. The highest BCUT2D eigenvalue weighted by Crippen LogP contribution is 2.40. The minimum absolute atomic E-state index is 0.0780. The van der Waals surface area contributed by atoms with Gasteiger partial charge in [0.15, 0.2) is 11.6 Å². The summed E-state index contributed by atoms with van der Waals surface area (Å²) in [5, 5.41) is 0. The van der Waals surface area contributed by atoms with Crippen molar-refractivity contribution in [2.75, 3.05) is 7.11 Å². The Morgan fingerprint density at radius 1 is 0.842 bits per heavy atom. The number of methoxy groups -OCH3 is 1. The molecular formula is C31H39F4NO2. The van der Waals surface area contributed by atoms with Gasteiger partial charge in [-0.15, -0.1) is 0 Å². The summed E-state index contributed by atoms with van der Waals surface area (Å²) in [6, 6.07) is 7.21. The average molecular weight is 534 g/mol. The van der Waals surface area contributed by atoms with Crippen molar-refractivity contribution in [2.45, 2.75) is 89.3 Å². The van der Waals surface area contributed by atoms with Crippen LogP contribution in [-0.4, -0.2) is 24.3 Å². The summed E-state index contributed by atoms with van der Waals surface area (Å²) in [4.78, 5) is 4.28. The lowest BCUT2D eigenvalue weighted by molar-refractivity contribution is -0.223. The van der Waals surface area contributed by atoms with Crippen molar-refractivity contribution in [1.82, 2.24) is 4.98 Å². The Labute approximate surface area is 223 Å². The number of aryl methyl sites for hydroxylation is 2. The first-order chi connectivity index (χ1) is 18.3. The molecular weight excluding hydrogens is 494 g/mol. The van der Waals surface area contributed by atoms with Crippen molar-refractivity contribution < 1.29 is 27.0 Å². The number of halogens is 4. The predicted molar refractivity (Wildman–Crippen MR) is 140 cm³/mol. The van der Waals surface area contributed by atoms with Gasteiger partial charge in [-0.25, -0.2) is 8.78 Å². The first-order valence-corrected chi connectivity index (χ1v) is 14.0. The van der Waals surface area contributed by atoms with Crippen LogP contribution >= 0.6 is 0 Å². The predicted octanol–water partition coefficient (Wildman–Crippen LogP) is 8.46. The lowest BCUT2D eigenvalue weighted by Crippen LogP contribution is -2.37. The molecule has 1 heterocycles. The molecule has 2 aliphatic carbocycles. The fourth-order valence-corrected chi connectivity index (χ4v) is 5.67. The highest BCUT2D eigenvalue weighted by Gasteiger charge is 2.43. The molecule has 2 fully saturated rings. The first-order valence-electron chi connectivity index (χ1n) is 14.0. The third-order valence-corrected chi connectivity index (χ3v) is 8.14. The summed E-state index contributed by atoms with van der Waals surface area (Å²) in [5.74, 6) is -1.45. The highest BCUT2D eigenvalue weighted by molar-refractivity contribution is 5.21. The van der Waals surface area contributed by atoms with E-state index in [1.54, 1.807) is 25.3 Å². The van der Waals surface area contributed by atoms with E-state index in [0.29, 0.717) is 43.6 Å². The van der Waals surface area contributed by atoms with Gasteiger partial charge in [0.1, 0.15) is 5.75 Å². The molecule has 208 valence electrons. The number of alkyl halides is 2. The molecule has 4 rings (SSSR count). The van der Waals surface area contributed by atoms with E-state index < -0.39 is 23.7 Å².